The van der Waals surface area contributed by atoms with E-state index in [-0.39, 0.29) is 28.6 Å². The van der Waals surface area contributed by atoms with Crippen LogP contribution in [0.25, 0.3) is 11.3 Å². The summed E-state index contributed by atoms with van der Waals surface area (Å²) in [4.78, 5) is 18.5. The van der Waals surface area contributed by atoms with Gasteiger partial charge in [0.15, 0.2) is 0 Å². The first kappa shape index (κ1) is 15.0. The van der Waals surface area contributed by atoms with Crippen LogP contribution in [0.4, 0.5) is 4.39 Å². The van der Waals surface area contributed by atoms with Crippen LogP contribution in [0.3, 0.4) is 0 Å². The Hall–Kier alpha value is -2.60. The van der Waals surface area contributed by atoms with E-state index in [1.165, 1.54) is 22.9 Å². The van der Waals surface area contributed by atoms with Crippen LogP contribution in [-0.2, 0) is 0 Å². The Bertz CT molecular complexity index is 965. The Morgan fingerprint density at radius 3 is 2.79 bits per heavy atom. The monoisotopic (exact) mass is 345 g/mol. The van der Waals surface area contributed by atoms with Gasteiger partial charge < -0.3 is 10.1 Å². The highest BCUT2D eigenvalue weighted by Gasteiger charge is 2.42. The van der Waals surface area contributed by atoms with Gasteiger partial charge in [-0.05, 0) is 30.2 Å². The Balaban J connectivity index is 1.57. The third-order valence-electron chi connectivity index (χ3n) is 4.31. The van der Waals surface area contributed by atoms with Crippen molar-refractivity contribution in [1.29, 1.82) is 0 Å². The van der Waals surface area contributed by atoms with E-state index in [0.717, 1.165) is 12.0 Å². The van der Waals surface area contributed by atoms with Gasteiger partial charge in [0.1, 0.15) is 5.82 Å². The van der Waals surface area contributed by atoms with E-state index < -0.39 is 5.82 Å². The minimum Gasteiger partial charge on any atom is -0.493 e. The normalized spacial score (nSPS) is 19.4. The van der Waals surface area contributed by atoms with Crippen LogP contribution >= 0.6 is 11.6 Å². The third-order valence-corrected chi connectivity index (χ3v) is 4.62. The molecule has 0 aliphatic heterocycles. The number of hydrogen-bond donors (Lipinski definition) is 2. The second kappa shape index (κ2) is 5.49. The van der Waals surface area contributed by atoms with Gasteiger partial charge in [-0.2, -0.15) is 0 Å². The van der Waals surface area contributed by atoms with Gasteiger partial charge in [-0.3, -0.25) is 9.55 Å². The molecule has 2 heterocycles. The number of rotatable bonds is 3. The molecule has 1 aliphatic rings. The molecule has 0 unspecified atom stereocenters. The molecule has 1 saturated carbocycles. The van der Waals surface area contributed by atoms with Gasteiger partial charge in [0.05, 0.1) is 16.9 Å². The molecule has 3 aromatic rings. The summed E-state index contributed by atoms with van der Waals surface area (Å²) in [6.45, 7) is 0. The van der Waals surface area contributed by atoms with Crippen molar-refractivity contribution in [2.45, 2.75) is 18.4 Å². The minimum atomic E-state index is -0.482. The predicted octanol–water partition coefficient (Wildman–Crippen LogP) is 3.47. The van der Waals surface area contributed by atoms with Crippen LogP contribution in [0, 0.1) is 5.82 Å². The summed E-state index contributed by atoms with van der Waals surface area (Å²) in [5, 5.41) is 9.79. The Kier molecular flexibility index (Phi) is 3.42. The Morgan fingerprint density at radius 1 is 1.33 bits per heavy atom. The highest BCUT2D eigenvalue weighted by Crippen LogP contribution is 2.51. The number of pyridine rings is 1. The lowest BCUT2D eigenvalue weighted by Crippen LogP contribution is -2.15. The van der Waals surface area contributed by atoms with E-state index in [2.05, 4.69) is 9.97 Å². The van der Waals surface area contributed by atoms with E-state index in [4.69, 9.17) is 11.6 Å². The third kappa shape index (κ3) is 2.49. The molecule has 7 heteroatoms. The molecule has 2 aromatic heterocycles. The van der Waals surface area contributed by atoms with E-state index in [0.29, 0.717) is 11.3 Å². The van der Waals surface area contributed by atoms with Gasteiger partial charge in [-0.25, -0.2) is 9.18 Å². The van der Waals surface area contributed by atoms with E-state index >= 15 is 0 Å². The average Bonchev–Trinajstić information content (AvgIpc) is 3.29. The number of H-pyrrole nitrogens is 1. The van der Waals surface area contributed by atoms with Gasteiger partial charge >= 0.3 is 5.69 Å². The van der Waals surface area contributed by atoms with Crippen molar-refractivity contribution in [2.24, 2.45) is 0 Å². The van der Waals surface area contributed by atoms with E-state index in [9.17, 15) is 14.3 Å². The van der Waals surface area contributed by atoms with Crippen LogP contribution in [0.5, 0.6) is 5.88 Å². The fourth-order valence-electron chi connectivity index (χ4n) is 2.97. The van der Waals surface area contributed by atoms with Crippen LogP contribution in [-0.4, -0.2) is 19.6 Å². The Morgan fingerprint density at radius 2 is 2.17 bits per heavy atom. The SMILES string of the molecule is O=c1[nH]cc(O)n1[C@@H]1C[C@H]1c1ccc(-c2ccc(Cl)c(F)c2)nc1. The number of aromatic hydroxyl groups is 1. The molecule has 5 nitrogen and oxygen atoms in total. The van der Waals surface area contributed by atoms with Crippen molar-refractivity contribution >= 4 is 11.6 Å². The average molecular weight is 346 g/mol. The molecule has 1 aliphatic carbocycles. The molecular weight excluding hydrogens is 333 g/mol. The van der Waals surface area contributed by atoms with Crippen LogP contribution in [0.1, 0.15) is 23.9 Å². The summed E-state index contributed by atoms with van der Waals surface area (Å²) >= 11 is 5.69. The lowest BCUT2D eigenvalue weighted by molar-refractivity contribution is 0.413. The smallest absolute Gasteiger partial charge is 0.328 e. The summed E-state index contributed by atoms with van der Waals surface area (Å²) in [5.74, 6) is -0.411. The molecular formula is C17H13ClFN3O2. The van der Waals surface area contributed by atoms with Gasteiger partial charge in [0, 0.05) is 23.7 Å². The predicted molar refractivity (Wildman–Crippen MR) is 87.8 cm³/mol. The largest absolute Gasteiger partial charge is 0.493 e. The molecule has 0 saturated heterocycles. The summed E-state index contributed by atoms with van der Waals surface area (Å²) in [6, 6.07) is 8.22. The van der Waals surface area contributed by atoms with Crippen LogP contribution in [0.15, 0.2) is 47.5 Å². The maximum Gasteiger partial charge on any atom is 0.328 e. The quantitative estimate of drug-likeness (QED) is 0.763. The van der Waals surface area contributed by atoms with Gasteiger partial charge in [0.25, 0.3) is 0 Å². The fourth-order valence-corrected chi connectivity index (χ4v) is 3.08. The maximum atomic E-state index is 13.5. The van der Waals surface area contributed by atoms with E-state index in [1.807, 2.05) is 12.1 Å². The van der Waals surface area contributed by atoms with Gasteiger partial charge in [0.2, 0.25) is 5.88 Å². The van der Waals surface area contributed by atoms with Crippen molar-refractivity contribution in [3.8, 4) is 17.1 Å². The summed E-state index contributed by atoms with van der Waals surface area (Å²) in [7, 11) is 0. The highest BCUT2D eigenvalue weighted by atomic mass is 35.5. The molecule has 2 atom stereocenters. The summed E-state index contributed by atoms with van der Waals surface area (Å²) in [6.07, 6.45) is 3.78. The standard InChI is InChI=1S/C17H13ClFN3O2/c18-12-3-1-9(5-13(12)19)14-4-2-10(7-20-14)11-6-15(11)22-16(23)8-21-17(22)24/h1-5,7-8,11,15,23H,6H2,(H,21,24)/t11-,15+/m0/s1. The van der Waals surface area contributed by atoms with Crippen molar-refractivity contribution in [2.75, 3.05) is 0 Å². The number of nitrogens with one attached hydrogen (secondary N) is 1. The molecule has 2 N–H and O–H groups in total. The first-order valence-electron chi connectivity index (χ1n) is 7.45. The minimum absolute atomic E-state index is 0.0614. The van der Waals surface area contributed by atoms with Crippen molar-refractivity contribution in [3.63, 3.8) is 0 Å². The first-order valence-corrected chi connectivity index (χ1v) is 7.82. The lowest BCUT2D eigenvalue weighted by atomic mass is 10.1. The Labute approximate surface area is 141 Å². The van der Waals surface area contributed by atoms with Crippen molar-refractivity contribution < 1.29 is 9.50 Å². The number of aromatic amines is 1. The molecule has 0 bridgehead atoms. The number of imidazole rings is 1. The van der Waals surface area contributed by atoms with Gasteiger partial charge in [-0.1, -0.05) is 23.7 Å². The zero-order chi connectivity index (χ0) is 16.8. The second-order valence-electron chi connectivity index (χ2n) is 5.84. The van der Waals surface area contributed by atoms with Crippen molar-refractivity contribution in [3.05, 3.63) is 69.6 Å². The highest BCUT2D eigenvalue weighted by molar-refractivity contribution is 6.30. The number of halogens is 2. The fraction of sp³-hybridized carbons (Fsp3) is 0.176. The topological polar surface area (TPSA) is 70.9 Å². The molecule has 4 rings (SSSR count). The maximum absolute atomic E-state index is 13.5. The van der Waals surface area contributed by atoms with Crippen LogP contribution < -0.4 is 5.69 Å². The van der Waals surface area contributed by atoms with Crippen molar-refractivity contribution in [1.82, 2.24) is 14.5 Å². The van der Waals surface area contributed by atoms with Gasteiger partial charge in [-0.15, -0.1) is 0 Å². The molecule has 1 fully saturated rings. The number of nitrogens with zero attached hydrogens (tertiary/aromatic N) is 2. The molecule has 0 spiro atoms. The number of benzene rings is 1. The zero-order valence-electron chi connectivity index (χ0n) is 12.4. The molecule has 24 heavy (non-hydrogen) atoms. The first-order chi connectivity index (χ1) is 11.5. The molecule has 0 radical (unpaired) electrons. The lowest BCUT2D eigenvalue weighted by Gasteiger charge is -2.05. The zero-order valence-corrected chi connectivity index (χ0v) is 13.2. The van der Waals surface area contributed by atoms with E-state index in [1.54, 1.807) is 12.3 Å². The molecule has 0 amide bonds. The molecule has 122 valence electrons. The summed E-state index contributed by atoms with van der Waals surface area (Å²) < 4.78 is 14.9. The number of hydrogen-bond acceptors (Lipinski definition) is 3. The molecule has 1 aromatic carbocycles. The number of aromatic nitrogens is 3. The summed E-state index contributed by atoms with van der Waals surface area (Å²) in [5.41, 5.74) is 1.95. The second-order valence-corrected chi connectivity index (χ2v) is 6.24. The van der Waals surface area contributed by atoms with Crippen LogP contribution in [0.2, 0.25) is 5.02 Å².